The number of anilines is 3. The van der Waals surface area contributed by atoms with Crippen molar-refractivity contribution in [2.24, 2.45) is 0 Å². The van der Waals surface area contributed by atoms with Crippen LogP contribution < -0.4 is 20.1 Å². The van der Waals surface area contributed by atoms with Crippen LogP contribution in [0.4, 0.5) is 21.7 Å². The lowest BCUT2D eigenvalue weighted by molar-refractivity contribution is -0.115. The molecule has 36 heavy (non-hydrogen) atoms. The highest BCUT2D eigenvalue weighted by Crippen LogP contribution is 2.27. The van der Waals surface area contributed by atoms with Gasteiger partial charge in [0, 0.05) is 17.6 Å². The van der Waals surface area contributed by atoms with E-state index in [1.54, 1.807) is 18.2 Å². The van der Waals surface area contributed by atoms with Crippen LogP contribution in [0.25, 0.3) is 10.9 Å². The van der Waals surface area contributed by atoms with Crippen LogP contribution in [-0.4, -0.2) is 64.8 Å². The van der Waals surface area contributed by atoms with Crippen molar-refractivity contribution in [2.75, 3.05) is 44.5 Å². The molecule has 2 aromatic heterocycles. The van der Waals surface area contributed by atoms with Crippen LogP contribution in [0, 0.1) is 5.82 Å². The first-order chi connectivity index (χ1) is 17.4. The molecule has 2 heterocycles. The highest BCUT2D eigenvalue weighted by molar-refractivity contribution is 6.01. The van der Waals surface area contributed by atoms with E-state index >= 15 is 0 Å². The molecule has 0 fully saturated rings. The highest BCUT2D eigenvalue weighted by Gasteiger charge is 2.13. The third-order valence-corrected chi connectivity index (χ3v) is 5.17. The average molecular weight is 494 g/mol. The Hall–Kier alpha value is -4.25. The van der Waals surface area contributed by atoms with Crippen molar-refractivity contribution in [3.63, 3.8) is 0 Å². The molecule has 0 bridgehead atoms. The largest absolute Gasteiger partial charge is 0.494 e. The summed E-state index contributed by atoms with van der Waals surface area (Å²) in [5.74, 6) is 0.278. The number of carbonyl (C=O) groups is 1. The van der Waals surface area contributed by atoms with Gasteiger partial charge in [0.2, 0.25) is 5.91 Å². The number of ether oxygens (including phenoxy) is 2. The fraction of sp³-hybridized carbons (Fsp3) is 0.280. The second-order valence-corrected chi connectivity index (χ2v) is 8.26. The predicted molar refractivity (Wildman–Crippen MR) is 135 cm³/mol. The van der Waals surface area contributed by atoms with Crippen LogP contribution in [-0.2, 0) is 11.2 Å². The monoisotopic (exact) mass is 493 g/mol. The van der Waals surface area contributed by atoms with Crippen molar-refractivity contribution in [2.45, 2.75) is 13.3 Å². The summed E-state index contributed by atoms with van der Waals surface area (Å²) < 4.78 is 25.3. The predicted octanol–water partition coefficient (Wildman–Crippen LogP) is 3.76. The SMILES string of the molecule is CCOc1ccc(CC(=O)Nc2n[nH]c3ccc(Nc4nc(OCCN(C)C)ncc4F)cc23)cc1. The number of nitrogens with zero attached hydrogens (tertiary/aromatic N) is 4. The molecule has 0 unspecified atom stereocenters. The van der Waals surface area contributed by atoms with Crippen LogP contribution >= 0.6 is 0 Å². The van der Waals surface area contributed by atoms with Gasteiger partial charge in [0.25, 0.3) is 0 Å². The molecular weight excluding hydrogens is 465 g/mol. The van der Waals surface area contributed by atoms with Crippen molar-refractivity contribution in [3.05, 3.63) is 60.0 Å². The molecule has 1 amide bonds. The molecule has 0 spiro atoms. The summed E-state index contributed by atoms with van der Waals surface area (Å²) in [4.78, 5) is 22.6. The fourth-order valence-corrected chi connectivity index (χ4v) is 3.38. The molecule has 3 N–H and O–H groups in total. The van der Waals surface area contributed by atoms with E-state index in [0.717, 1.165) is 17.5 Å². The molecular formula is C25H28FN7O3. The van der Waals surface area contributed by atoms with E-state index in [4.69, 9.17) is 9.47 Å². The van der Waals surface area contributed by atoms with E-state index in [9.17, 15) is 9.18 Å². The van der Waals surface area contributed by atoms with Gasteiger partial charge in [-0.2, -0.15) is 10.1 Å². The summed E-state index contributed by atoms with van der Waals surface area (Å²) in [5.41, 5.74) is 2.12. The summed E-state index contributed by atoms with van der Waals surface area (Å²) in [5, 5.41) is 13.5. The van der Waals surface area contributed by atoms with Gasteiger partial charge in [0.05, 0.1) is 24.7 Å². The van der Waals surface area contributed by atoms with Crippen molar-refractivity contribution in [1.29, 1.82) is 0 Å². The Balaban J connectivity index is 1.45. The number of hydrogen-bond acceptors (Lipinski definition) is 8. The first kappa shape index (κ1) is 24.9. The first-order valence-electron chi connectivity index (χ1n) is 11.5. The van der Waals surface area contributed by atoms with Gasteiger partial charge in [0.1, 0.15) is 12.4 Å². The number of aromatic nitrogens is 4. The third-order valence-electron chi connectivity index (χ3n) is 5.17. The molecule has 188 valence electrons. The Labute approximate surface area is 207 Å². The fourth-order valence-electron chi connectivity index (χ4n) is 3.38. The Kier molecular flexibility index (Phi) is 7.91. The number of halogens is 1. The molecule has 4 rings (SSSR count). The van der Waals surface area contributed by atoms with Crippen LogP contribution in [0.3, 0.4) is 0 Å². The molecule has 0 radical (unpaired) electrons. The maximum absolute atomic E-state index is 14.4. The summed E-state index contributed by atoms with van der Waals surface area (Å²) >= 11 is 0. The van der Waals surface area contributed by atoms with E-state index in [-0.39, 0.29) is 24.2 Å². The van der Waals surface area contributed by atoms with Gasteiger partial charge in [0.15, 0.2) is 17.5 Å². The number of fused-ring (bicyclic) bond motifs is 1. The van der Waals surface area contributed by atoms with E-state index in [2.05, 4.69) is 30.8 Å². The Morgan fingerprint density at radius 3 is 2.67 bits per heavy atom. The van der Waals surface area contributed by atoms with Crippen molar-refractivity contribution in [3.8, 4) is 11.8 Å². The average Bonchev–Trinajstić information content (AvgIpc) is 3.24. The second kappa shape index (κ2) is 11.5. The Bertz CT molecular complexity index is 1330. The zero-order valence-corrected chi connectivity index (χ0v) is 20.3. The number of likely N-dealkylation sites (N-methyl/N-ethyl adjacent to an activating group) is 1. The molecule has 0 aliphatic heterocycles. The molecule has 0 saturated heterocycles. The minimum absolute atomic E-state index is 0.0196. The maximum Gasteiger partial charge on any atom is 0.318 e. The van der Waals surface area contributed by atoms with Crippen molar-refractivity contribution >= 4 is 34.1 Å². The van der Waals surface area contributed by atoms with Gasteiger partial charge in [-0.25, -0.2) is 9.37 Å². The maximum atomic E-state index is 14.4. The first-order valence-corrected chi connectivity index (χ1v) is 11.5. The van der Waals surface area contributed by atoms with Crippen molar-refractivity contribution in [1.82, 2.24) is 25.1 Å². The number of hydrogen-bond donors (Lipinski definition) is 3. The molecule has 0 atom stereocenters. The summed E-state index contributed by atoms with van der Waals surface area (Å²) in [7, 11) is 3.84. The zero-order chi connectivity index (χ0) is 25.5. The zero-order valence-electron chi connectivity index (χ0n) is 20.3. The minimum Gasteiger partial charge on any atom is -0.494 e. The smallest absolute Gasteiger partial charge is 0.318 e. The Morgan fingerprint density at radius 1 is 1.11 bits per heavy atom. The van der Waals surface area contributed by atoms with Crippen LogP contribution in [0.5, 0.6) is 11.8 Å². The van der Waals surface area contributed by atoms with Gasteiger partial charge < -0.3 is 25.0 Å². The van der Waals surface area contributed by atoms with Gasteiger partial charge in [-0.1, -0.05) is 12.1 Å². The van der Waals surface area contributed by atoms with Gasteiger partial charge in [-0.15, -0.1) is 0 Å². The van der Waals surface area contributed by atoms with Gasteiger partial charge in [-0.05, 0) is 56.9 Å². The quantitative estimate of drug-likeness (QED) is 0.289. The van der Waals surface area contributed by atoms with E-state index < -0.39 is 5.82 Å². The highest BCUT2D eigenvalue weighted by atomic mass is 19.1. The van der Waals surface area contributed by atoms with E-state index in [1.807, 2.05) is 50.2 Å². The van der Waals surface area contributed by atoms with E-state index in [1.165, 1.54) is 0 Å². The molecule has 0 aliphatic carbocycles. The standard InChI is InChI=1S/C25H28FN7O3/c1-4-35-18-8-5-16(6-9-18)13-22(34)29-23-19-14-17(7-10-21(19)31-32-23)28-24-20(26)15-27-25(30-24)36-12-11-33(2)3/h5-10,14-15H,4,11-13H2,1-3H3,(H,27,28,30)(H2,29,31,32,34). The van der Waals surface area contributed by atoms with Gasteiger partial charge >= 0.3 is 6.01 Å². The van der Waals surface area contributed by atoms with Crippen LogP contribution in [0.1, 0.15) is 12.5 Å². The summed E-state index contributed by atoms with van der Waals surface area (Å²) in [6.45, 7) is 3.55. The number of H-pyrrole nitrogens is 1. The lowest BCUT2D eigenvalue weighted by Gasteiger charge is -2.11. The van der Waals surface area contributed by atoms with Crippen LogP contribution in [0.15, 0.2) is 48.7 Å². The molecule has 0 aliphatic rings. The third kappa shape index (κ3) is 6.45. The number of carbonyl (C=O) groups excluding carboxylic acids is 1. The normalized spacial score (nSPS) is 11.0. The summed E-state index contributed by atoms with van der Waals surface area (Å²) in [6, 6.07) is 12.7. The topological polar surface area (TPSA) is 117 Å². The molecule has 4 aromatic rings. The van der Waals surface area contributed by atoms with Crippen LogP contribution in [0.2, 0.25) is 0 Å². The Morgan fingerprint density at radius 2 is 1.92 bits per heavy atom. The molecule has 2 aromatic carbocycles. The second-order valence-electron chi connectivity index (χ2n) is 8.26. The lowest BCUT2D eigenvalue weighted by Crippen LogP contribution is -2.20. The molecule has 0 saturated carbocycles. The minimum atomic E-state index is -0.619. The number of amides is 1. The molecule has 11 heteroatoms. The number of benzene rings is 2. The summed E-state index contributed by atoms with van der Waals surface area (Å²) in [6.07, 6.45) is 1.24. The van der Waals surface area contributed by atoms with Crippen molar-refractivity contribution < 1.29 is 18.7 Å². The number of aromatic amines is 1. The number of rotatable bonds is 11. The number of nitrogens with one attached hydrogen (secondary N) is 3. The molecule has 10 nitrogen and oxygen atoms in total. The van der Waals surface area contributed by atoms with E-state index in [0.29, 0.717) is 42.2 Å². The van der Waals surface area contributed by atoms with Gasteiger partial charge in [-0.3, -0.25) is 9.89 Å². The lowest BCUT2D eigenvalue weighted by atomic mass is 10.1.